The molecule has 3 heterocycles. The van der Waals surface area contributed by atoms with Crippen molar-refractivity contribution in [3.63, 3.8) is 0 Å². The van der Waals surface area contributed by atoms with Gasteiger partial charge in [-0.25, -0.2) is 28.4 Å². The van der Waals surface area contributed by atoms with Gasteiger partial charge in [-0.15, -0.1) is 0 Å². The summed E-state index contributed by atoms with van der Waals surface area (Å²) >= 11 is 0. The molecule has 1 N–H and O–H groups in total. The summed E-state index contributed by atoms with van der Waals surface area (Å²) in [5.74, 6) is -2.18. The Morgan fingerprint density at radius 3 is 2.19 bits per heavy atom. The third-order valence-corrected chi connectivity index (χ3v) is 9.12. The summed E-state index contributed by atoms with van der Waals surface area (Å²) in [6.07, 6.45) is 1.97. The molecule has 0 spiro atoms. The summed E-state index contributed by atoms with van der Waals surface area (Å²) in [6.45, 7) is 1.84. The van der Waals surface area contributed by atoms with Crippen molar-refractivity contribution in [3.8, 4) is 17.2 Å². The van der Waals surface area contributed by atoms with Crippen LogP contribution in [0.3, 0.4) is 0 Å². The van der Waals surface area contributed by atoms with Crippen molar-refractivity contribution in [3.05, 3.63) is 117 Å². The smallest absolute Gasteiger partial charge is 0.352 e. The Balaban J connectivity index is 1.48. The Morgan fingerprint density at radius 1 is 0.857 bits per heavy atom. The van der Waals surface area contributed by atoms with Crippen LogP contribution < -0.4 is 21.0 Å². The maximum Gasteiger partial charge on any atom is 0.352 e. The summed E-state index contributed by atoms with van der Waals surface area (Å²) in [5.41, 5.74) is -0.410. The highest BCUT2D eigenvalue weighted by Gasteiger charge is 2.66. The quantitative estimate of drug-likeness (QED) is 0.300. The molecule has 10 heteroatoms. The predicted molar refractivity (Wildman–Crippen MR) is 154 cm³/mol. The van der Waals surface area contributed by atoms with E-state index in [4.69, 9.17) is 4.74 Å². The molecule has 2 fully saturated rings. The predicted octanol–water partition coefficient (Wildman–Crippen LogP) is 3.38. The van der Waals surface area contributed by atoms with Gasteiger partial charge in [-0.1, -0.05) is 48.5 Å². The number of benzene rings is 3. The maximum absolute atomic E-state index is 14.4. The summed E-state index contributed by atoms with van der Waals surface area (Å²) in [4.78, 5) is 57.3. The Labute approximate surface area is 240 Å². The van der Waals surface area contributed by atoms with E-state index < -0.39 is 40.6 Å². The molecule has 212 valence electrons. The molecule has 7 rings (SSSR count). The number of rotatable bonds is 4. The van der Waals surface area contributed by atoms with Gasteiger partial charge >= 0.3 is 11.4 Å². The fourth-order valence-electron chi connectivity index (χ4n) is 7.21. The van der Waals surface area contributed by atoms with Gasteiger partial charge in [0.2, 0.25) is 11.8 Å². The highest BCUT2D eigenvalue weighted by molar-refractivity contribution is 6.24. The van der Waals surface area contributed by atoms with Gasteiger partial charge in [0.05, 0.1) is 42.4 Å². The SMILES string of the molecule is COc1cccc(O)c1[C@H]1C2=CCn3c(=O)n(-c4ccccc4)c(=O)n3[C@@H]2C[C@H]2C(=O)N(c3ccccc3)C(=O)[C@@]12C. The van der Waals surface area contributed by atoms with Crippen LogP contribution in [0.1, 0.15) is 30.9 Å². The number of imide groups is 1. The zero-order valence-corrected chi connectivity index (χ0v) is 23.0. The van der Waals surface area contributed by atoms with Crippen molar-refractivity contribution >= 4 is 17.5 Å². The minimum absolute atomic E-state index is 0.0808. The normalized spacial score (nSPS) is 24.6. The molecule has 1 saturated carbocycles. The van der Waals surface area contributed by atoms with E-state index in [0.29, 0.717) is 28.3 Å². The van der Waals surface area contributed by atoms with E-state index in [0.717, 1.165) is 4.57 Å². The lowest BCUT2D eigenvalue weighted by atomic mass is 9.56. The number of carbonyl (C=O) groups excluding carboxylic acids is 2. The van der Waals surface area contributed by atoms with Crippen LogP contribution in [0, 0.1) is 11.3 Å². The molecule has 3 aromatic carbocycles. The Morgan fingerprint density at radius 2 is 1.52 bits per heavy atom. The van der Waals surface area contributed by atoms with E-state index in [9.17, 15) is 24.3 Å². The molecule has 1 aromatic heterocycles. The second kappa shape index (κ2) is 9.20. The average Bonchev–Trinajstić information content (AvgIpc) is 3.37. The van der Waals surface area contributed by atoms with E-state index in [1.165, 1.54) is 27.4 Å². The van der Waals surface area contributed by atoms with Gasteiger partial charge < -0.3 is 9.84 Å². The van der Waals surface area contributed by atoms with Crippen LogP contribution in [-0.4, -0.2) is 38.0 Å². The third kappa shape index (κ3) is 3.32. The number of hydrogen-bond acceptors (Lipinski definition) is 6. The van der Waals surface area contributed by atoms with Gasteiger partial charge in [0, 0.05) is 11.5 Å². The topological polar surface area (TPSA) is 116 Å². The fourth-order valence-corrected chi connectivity index (χ4v) is 7.21. The van der Waals surface area contributed by atoms with E-state index >= 15 is 0 Å². The molecule has 1 aliphatic carbocycles. The number of aromatic nitrogens is 3. The first-order valence-corrected chi connectivity index (χ1v) is 13.8. The third-order valence-electron chi connectivity index (χ3n) is 9.12. The van der Waals surface area contributed by atoms with Gasteiger partial charge in [-0.2, -0.15) is 0 Å². The minimum atomic E-state index is -1.31. The number of phenolic OH excluding ortho intramolecular Hbond substituents is 1. The number of nitrogens with zero attached hydrogens (tertiary/aromatic N) is 4. The molecule has 0 unspecified atom stereocenters. The Hall–Kier alpha value is -5.12. The zero-order valence-electron chi connectivity index (χ0n) is 23.0. The molecule has 4 aromatic rings. The Bertz CT molecular complexity index is 1900. The lowest BCUT2D eigenvalue weighted by molar-refractivity contribution is -0.129. The number of carbonyl (C=O) groups is 2. The van der Waals surface area contributed by atoms with Gasteiger partial charge in [0.15, 0.2) is 0 Å². The number of anilines is 1. The second-order valence-corrected chi connectivity index (χ2v) is 11.1. The first-order chi connectivity index (χ1) is 20.3. The van der Waals surface area contributed by atoms with E-state index in [1.807, 2.05) is 6.08 Å². The number of ether oxygens (including phenoxy) is 1. The van der Waals surface area contributed by atoms with E-state index in [-0.39, 0.29) is 24.6 Å². The molecule has 1 saturated heterocycles. The lowest BCUT2D eigenvalue weighted by Crippen LogP contribution is -2.49. The lowest BCUT2D eigenvalue weighted by Gasteiger charge is -2.47. The van der Waals surface area contributed by atoms with Gasteiger partial charge in [-0.3, -0.25) is 9.59 Å². The van der Waals surface area contributed by atoms with Crippen molar-refractivity contribution < 1.29 is 19.4 Å². The Kier molecular flexibility index (Phi) is 5.66. The van der Waals surface area contributed by atoms with Crippen molar-refractivity contribution in [2.45, 2.75) is 31.8 Å². The van der Waals surface area contributed by atoms with Crippen LogP contribution in [0.4, 0.5) is 5.69 Å². The van der Waals surface area contributed by atoms with Crippen LogP contribution in [-0.2, 0) is 16.1 Å². The molecule has 3 aliphatic rings. The molecular weight excluding hydrogens is 536 g/mol. The number of aromatic hydroxyl groups is 1. The van der Waals surface area contributed by atoms with E-state index in [2.05, 4.69) is 0 Å². The summed E-state index contributed by atoms with van der Waals surface area (Å²) in [6, 6.07) is 21.6. The van der Waals surface area contributed by atoms with Crippen LogP contribution in [0.15, 0.2) is 100 Å². The highest BCUT2D eigenvalue weighted by Crippen LogP contribution is 2.63. The average molecular weight is 565 g/mol. The maximum atomic E-state index is 14.4. The van der Waals surface area contributed by atoms with Gasteiger partial charge in [-0.05, 0) is 55.3 Å². The standard InChI is InChI=1S/C32H28N4O6/c1-32-22(28(38)34(29(32)39)19-10-5-3-6-11-19)18-23-21(27(32)26-24(37)14-9-15-25(26)42-2)16-17-33-30(40)35(31(41)36(23)33)20-12-7-4-8-13-20/h3-16,22-23,27,37H,17-18H2,1-2H3/t22-,23+,27+,32+/m0/s1. The van der Waals surface area contributed by atoms with Crippen LogP contribution in [0.2, 0.25) is 0 Å². The van der Waals surface area contributed by atoms with Crippen molar-refractivity contribution in [1.29, 1.82) is 0 Å². The minimum Gasteiger partial charge on any atom is -0.508 e. The number of methoxy groups -OCH3 is 1. The van der Waals surface area contributed by atoms with Crippen molar-refractivity contribution in [2.75, 3.05) is 12.0 Å². The molecule has 10 nitrogen and oxygen atoms in total. The first-order valence-electron chi connectivity index (χ1n) is 13.8. The molecule has 0 bridgehead atoms. The van der Waals surface area contributed by atoms with Gasteiger partial charge in [0.1, 0.15) is 11.5 Å². The number of para-hydroxylation sites is 2. The summed E-state index contributed by atoms with van der Waals surface area (Å²) < 4.78 is 9.58. The fraction of sp³-hybridized carbons (Fsp3) is 0.250. The molecular formula is C32H28N4O6. The molecule has 2 amide bonds. The van der Waals surface area contributed by atoms with E-state index in [1.54, 1.807) is 79.7 Å². The molecule has 2 aliphatic heterocycles. The number of hydrogen-bond donors (Lipinski definition) is 1. The van der Waals surface area contributed by atoms with Crippen LogP contribution in [0.25, 0.3) is 5.69 Å². The second-order valence-electron chi connectivity index (χ2n) is 11.1. The van der Waals surface area contributed by atoms with Crippen LogP contribution >= 0.6 is 0 Å². The number of allylic oxidation sites excluding steroid dienone is 2. The number of amides is 2. The molecule has 42 heavy (non-hydrogen) atoms. The molecule has 4 atom stereocenters. The number of phenols is 1. The number of fused-ring (bicyclic) bond motifs is 4. The van der Waals surface area contributed by atoms with Crippen LogP contribution in [0.5, 0.6) is 11.5 Å². The summed E-state index contributed by atoms with van der Waals surface area (Å²) in [7, 11) is 1.48. The molecule has 0 radical (unpaired) electrons. The first kappa shape index (κ1) is 25.8. The largest absolute Gasteiger partial charge is 0.508 e. The monoisotopic (exact) mass is 564 g/mol. The van der Waals surface area contributed by atoms with Gasteiger partial charge in [0.25, 0.3) is 0 Å². The van der Waals surface area contributed by atoms with Crippen molar-refractivity contribution in [1.82, 2.24) is 13.9 Å². The van der Waals surface area contributed by atoms with Crippen molar-refractivity contribution in [2.24, 2.45) is 11.3 Å². The summed E-state index contributed by atoms with van der Waals surface area (Å²) in [5, 5.41) is 11.2. The highest BCUT2D eigenvalue weighted by atomic mass is 16.5. The zero-order chi connectivity index (χ0) is 29.3.